The van der Waals surface area contributed by atoms with Crippen LogP contribution in [0.5, 0.6) is 5.75 Å². The number of hydrogen-bond donors (Lipinski definition) is 0. The van der Waals surface area contributed by atoms with Crippen molar-refractivity contribution >= 4 is 5.91 Å². The van der Waals surface area contributed by atoms with Crippen molar-refractivity contribution in [2.45, 2.75) is 6.92 Å². The van der Waals surface area contributed by atoms with E-state index in [0.717, 1.165) is 16.7 Å². The third kappa shape index (κ3) is 4.30. The number of benzene rings is 2. The topological polar surface area (TPSA) is 64.8 Å². The first kappa shape index (κ1) is 19.1. The molecule has 4 rings (SSSR count). The number of ether oxygens (including phenoxy) is 2. The lowest BCUT2D eigenvalue weighted by Gasteiger charge is -2.26. The van der Waals surface area contributed by atoms with Crippen LogP contribution in [0.4, 0.5) is 4.39 Å². The van der Waals surface area contributed by atoms with Crippen molar-refractivity contribution in [3.05, 3.63) is 59.9 Å². The number of morpholine rings is 1. The lowest BCUT2D eigenvalue weighted by atomic mass is 10.0. The number of rotatable bonds is 5. The van der Waals surface area contributed by atoms with Crippen LogP contribution in [0.3, 0.4) is 0 Å². The summed E-state index contributed by atoms with van der Waals surface area (Å²) in [7, 11) is 0. The Morgan fingerprint density at radius 1 is 1.07 bits per heavy atom. The molecule has 1 aliphatic rings. The zero-order chi connectivity index (χ0) is 20.2. The van der Waals surface area contributed by atoms with Crippen LogP contribution in [-0.2, 0) is 9.53 Å². The van der Waals surface area contributed by atoms with Crippen LogP contribution in [0.25, 0.3) is 22.6 Å². The number of aromatic nitrogens is 1. The maximum Gasteiger partial charge on any atom is 0.260 e. The molecule has 3 aromatic rings. The number of halogens is 1. The Morgan fingerprint density at radius 2 is 1.72 bits per heavy atom. The maximum absolute atomic E-state index is 13.1. The van der Waals surface area contributed by atoms with Gasteiger partial charge in [0.05, 0.1) is 13.2 Å². The van der Waals surface area contributed by atoms with E-state index >= 15 is 0 Å². The van der Waals surface area contributed by atoms with Crippen molar-refractivity contribution in [1.82, 2.24) is 10.1 Å². The van der Waals surface area contributed by atoms with Crippen molar-refractivity contribution in [2.75, 3.05) is 32.9 Å². The Bertz CT molecular complexity index is 977. The van der Waals surface area contributed by atoms with Gasteiger partial charge in [0.25, 0.3) is 5.91 Å². The second kappa shape index (κ2) is 8.45. The van der Waals surface area contributed by atoms with Crippen LogP contribution < -0.4 is 4.74 Å². The Kier molecular flexibility index (Phi) is 5.57. The zero-order valence-electron chi connectivity index (χ0n) is 16.1. The minimum atomic E-state index is -0.297. The monoisotopic (exact) mass is 396 g/mol. The van der Waals surface area contributed by atoms with Crippen LogP contribution in [-0.4, -0.2) is 48.9 Å². The molecule has 0 unspecified atom stereocenters. The number of hydrogen-bond acceptors (Lipinski definition) is 5. The molecule has 0 spiro atoms. The minimum Gasteiger partial charge on any atom is -0.484 e. The van der Waals surface area contributed by atoms with E-state index < -0.39 is 0 Å². The van der Waals surface area contributed by atoms with Crippen molar-refractivity contribution in [3.8, 4) is 28.3 Å². The second-order valence-electron chi connectivity index (χ2n) is 6.80. The molecule has 1 fully saturated rings. The van der Waals surface area contributed by atoms with Gasteiger partial charge in [-0.05, 0) is 55.5 Å². The fraction of sp³-hybridized carbons (Fsp3) is 0.273. The second-order valence-corrected chi connectivity index (χ2v) is 6.80. The lowest BCUT2D eigenvalue weighted by molar-refractivity contribution is -0.137. The summed E-state index contributed by atoms with van der Waals surface area (Å²) in [5.41, 5.74) is 3.21. The van der Waals surface area contributed by atoms with Gasteiger partial charge in [0.15, 0.2) is 12.4 Å². The van der Waals surface area contributed by atoms with Crippen LogP contribution >= 0.6 is 0 Å². The highest BCUT2D eigenvalue weighted by Crippen LogP contribution is 2.32. The van der Waals surface area contributed by atoms with E-state index in [9.17, 15) is 9.18 Å². The fourth-order valence-electron chi connectivity index (χ4n) is 3.23. The van der Waals surface area contributed by atoms with Crippen molar-refractivity contribution in [3.63, 3.8) is 0 Å². The molecule has 7 heteroatoms. The minimum absolute atomic E-state index is 0.00293. The molecule has 2 heterocycles. The quantitative estimate of drug-likeness (QED) is 0.658. The highest BCUT2D eigenvalue weighted by atomic mass is 19.1. The summed E-state index contributed by atoms with van der Waals surface area (Å²) in [6, 6.07) is 13.4. The molecule has 6 nitrogen and oxygen atoms in total. The summed E-state index contributed by atoms with van der Waals surface area (Å²) in [5, 5.41) is 4.17. The molecule has 0 atom stereocenters. The molecule has 1 amide bonds. The van der Waals surface area contributed by atoms with Gasteiger partial charge in [0.2, 0.25) is 0 Å². The number of carbonyl (C=O) groups excluding carboxylic acids is 1. The van der Waals surface area contributed by atoms with E-state index in [1.807, 2.05) is 19.1 Å². The molecule has 1 aromatic heterocycles. The first-order chi connectivity index (χ1) is 14.1. The molecule has 0 bridgehead atoms. The molecular weight excluding hydrogens is 375 g/mol. The standard InChI is InChI=1S/C22H21FN2O4/c1-15-21(24-29-22(15)17-2-6-18(23)7-3-17)16-4-8-19(9-5-16)28-14-20(26)25-10-12-27-13-11-25/h2-9H,10-14H2,1H3. The van der Waals surface area contributed by atoms with Gasteiger partial charge in [-0.3, -0.25) is 4.79 Å². The van der Waals surface area contributed by atoms with Gasteiger partial charge in [-0.25, -0.2) is 4.39 Å². The Hall–Kier alpha value is -3.19. The van der Waals surface area contributed by atoms with Crippen molar-refractivity contribution in [1.29, 1.82) is 0 Å². The van der Waals surface area contributed by atoms with E-state index in [1.54, 1.807) is 29.2 Å². The maximum atomic E-state index is 13.1. The molecule has 0 N–H and O–H groups in total. The first-order valence-corrected chi connectivity index (χ1v) is 9.43. The average molecular weight is 396 g/mol. The summed E-state index contributed by atoms with van der Waals surface area (Å²) in [5.74, 6) is 0.870. The number of amides is 1. The van der Waals surface area contributed by atoms with Gasteiger partial charge < -0.3 is 18.9 Å². The van der Waals surface area contributed by atoms with E-state index in [1.165, 1.54) is 12.1 Å². The van der Waals surface area contributed by atoms with E-state index in [4.69, 9.17) is 14.0 Å². The zero-order valence-corrected chi connectivity index (χ0v) is 16.1. The molecule has 1 aliphatic heterocycles. The number of nitrogens with zero attached hydrogens (tertiary/aromatic N) is 2. The van der Waals surface area contributed by atoms with Gasteiger partial charge in [-0.2, -0.15) is 0 Å². The molecule has 150 valence electrons. The highest BCUT2D eigenvalue weighted by molar-refractivity contribution is 5.78. The smallest absolute Gasteiger partial charge is 0.260 e. The first-order valence-electron chi connectivity index (χ1n) is 9.43. The summed E-state index contributed by atoms with van der Waals surface area (Å²) in [4.78, 5) is 13.9. The SMILES string of the molecule is Cc1c(-c2ccc(OCC(=O)N3CCOCC3)cc2)noc1-c1ccc(F)cc1. The summed E-state index contributed by atoms with van der Waals surface area (Å²) in [6.07, 6.45) is 0. The van der Waals surface area contributed by atoms with Crippen molar-refractivity contribution in [2.24, 2.45) is 0 Å². The van der Waals surface area contributed by atoms with Gasteiger partial charge in [-0.15, -0.1) is 0 Å². The van der Waals surface area contributed by atoms with Gasteiger partial charge in [0, 0.05) is 29.8 Å². The molecule has 0 saturated carbocycles. The summed E-state index contributed by atoms with van der Waals surface area (Å²) < 4.78 is 29.5. The van der Waals surface area contributed by atoms with Crippen molar-refractivity contribution < 1.29 is 23.2 Å². The summed E-state index contributed by atoms with van der Waals surface area (Å²) >= 11 is 0. The van der Waals surface area contributed by atoms with E-state index in [0.29, 0.717) is 43.5 Å². The van der Waals surface area contributed by atoms with Crippen LogP contribution in [0.1, 0.15) is 5.56 Å². The predicted octanol–water partition coefficient (Wildman–Crippen LogP) is 3.69. The Labute approximate surface area is 167 Å². The third-order valence-electron chi connectivity index (χ3n) is 4.88. The van der Waals surface area contributed by atoms with Gasteiger partial charge in [0.1, 0.15) is 17.3 Å². The average Bonchev–Trinajstić information content (AvgIpc) is 3.15. The summed E-state index contributed by atoms with van der Waals surface area (Å²) in [6.45, 7) is 4.24. The molecule has 0 radical (unpaired) electrons. The van der Waals surface area contributed by atoms with Crippen LogP contribution in [0.15, 0.2) is 53.1 Å². The van der Waals surface area contributed by atoms with Gasteiger partial charge >= 0.3 is 0 Å². The molecule has 2 aromatic carbocycles. The van der Waals surface area contributed by atoms with Crippen LogP contribution in [0.2, 0.25) is 0 Å². The van der Waals surface area contributed by atoms with Gasteiger partial charge in [-0.1, -0.05) is 5.16 Å². The van der Waals surface area contributed by atoms with E-state index in [-0.39, 0.29) is 18.3 Å². The predicted molar refractivity (Wildman–Crippen MR) is 105 cm³/mol. The highest BCUT2D eigenvalue weighted by Gasteiger charge is 2.18. The molecule has 0 aliphatic carbocycles. The lowest BCUT2D eigenvalue weighted by Crippen LogP contribution is -2.42. The Morgan fingerprint density at radius 3 is 2.41 bits per heavy atom. The Balaban J connectivity index is 1.43. The fourth-order valence-corrected chi connectivity index (χ4v) is 3.23. The largest absolute Gasteiger partial charge is 0.484 e. The molecular formula is C22H21FN2O4. The van der Waals surface area contributed by atoms with Crippen LogP contribution in [0, 0.1) is 12.7 Å². The molecule has 1 saturated heterocycles. The number of carbonyl (C=O) groups is 1. The van der Waals surface area contributed by atoms with E-state index in [2.05, 4.69) is 5.16 Å². The molecule has 29 heavy (non-hydrogen) atoms. The third-order valence-corrected chi connectivity index (χ3v) is 4.88. The normalized spacial score (nSPS) is 14.1.